The molecule has 30 heavy (non-hydrogen) atoms. The fourth-order valence-electron chi connectivity index (χ4n) is 3.35. The van der Waals surface area contributed by atoms with Crippen LogP contribution in [0.25, 0.3) is 0 Å². The Morgan fingerprint density at radius 2 is 1.73 bits per heavy atom. The van der Waals surface area contributed by atoms with Crippen molar-refractivity contribution in [3.8, 4) is 0 Å². The summed E-state index contributed by atoms with van der Waals surface area (Å²) in [6.07, 6.45) is -7.90. The molecule has 0 saturated carbocycles. The molecule has 0 bridgehead atoms. The van der Waals surface area contributed by atoms with Crippen LogP contribution in [0.2, 0.25) is 5.02 Å². The van der Waals surface area contributed by atoms with Gasteiger partial charge in [0.15, 0.2) is 0 Å². The standard InChI is InChI=1S/C20H15ClF6N2O/c21-15-2-1-11-28-16(15)18(20(25,26)27)9-7-12(8-10-18)17(30)29-14-5-3-13(4-6-14)19(22,23)24/h1-7,11H,8-10H2,(H,29,30). The van der Waals surface area contributed by atoms with Crippen molar-refractivity contribution in [2.75, 3.05) is 5.32 Å². The van der Waals surface area contributed by atoms with Crippen LogP contribution in [0.4, 0.5) is 32.0 Å². The third-order valence-electron chi connectivity index (χ3n) is 5.03. The van der Waals surface area contributed by atoms with Gasteiger partial charge < -0.3 is 5.32 Å². The van der Waals surface area contributed by atoms with E-state index in [0.717, 1.165) is 24.3 Å². The van der Waals surface area contributed by atoms with Gasteiger partial charge in [0.25, 0.3) is 5.91 Å². The number of hydrogen-bond acceptors (Lipinski definition) is 2. The molecule has 3 rings (SSSR count). The van der Waals surface area contributed by atoms with Crippen molar-refractivity contribution in [2.24, 2.45) is 0 Å². The van der Waals surface area contributed by atoms with Crippen LogP contribution < -0.4 is 5.32 Å². The topological polar surface area (TPSA) is 42.0 Å². The second kappa shape index (κ2) is 7.94. The first-order chi connectivity index (χ1) is 13.9. The average molecular weight is 449 g/mol. The monoisotopic (exact) mass is 448 g/mol. The predicted molar refractivity (Wildman–Crippen MR) is 99.0 cm³/mol. The number of pyridine rings is 1. The van der Waals surface area contributed by atoms with E-state index in [1.165, 1.54) is 24.4 Å². The van der Waals surface area contributed by atoms with Gasteiger partial charge in [-0.2, -0.15) is 26.3 Å². The van der Waals surface area contributed by atoms with Crippen molar-refractivity contribution < 1.29 is 31.1 Å². The SMILES string of the molecule is O=C(Nc1ccc(C(F)(F)F)cc1)C1=CCC(c2ncccc2Cl)(C(F)(F)F)CC1. The number of rotatable bonds is 3. The molecule has 1 aromatic heterocycles. The summed E-state index contributed by atoms with van der Waals surface area (Å²) in [6, 6.07) is 6.53. The highest BCUT2D eigenvalue weighted by molar-refractivity contribution is 6.31. The quantitative estimate of drug-likeness (QED) is 0.560. The maximum Gasteiger partial charge on any atom is 0.416 e. The lowest BCUT2D eigenvalue weighted by Crippen LogP contribution is -2.45. The summed E-state index contributed by atoms with van der Waals surface area (Å²) in [6.45, 7) is 0. The van der Waals surface area contributed by atoms with E-state index in [1.807, 2.05) is 0 Å². The van der Waals surface area contributed by atoms with Gasteiger partial charge in [-0.15, -0.1) is 0 Å². The summed E-state index contributed by atoms with van der Waals surface area (Å²) in [5.41, 5.74) is -3.27. The zero-order valence-corrected chi connectivity index (χ0v) is 16.0. The summed E-state index contributed by atoms with van der Waals surface area (Å²) >= 11 is 5.96. The van der Waals surface area contributed by atoms with Crippen LogP contribution in [-0.2, 0) is 16.4 Å². The van der Waals surface area contributed by atoms with Gasteiger partial charge in [-0.25, -0.2) is 0 Å². The molecule has 1 atom stereocenters. The first-order valence-corrected chi connectivity index (χ1v) is 9.17. The van der Waals surface area contributed by atoms with Crippen molar-refractivity contribution in [1.29, 1.82) is 0 Å². The molecular weight excluding hydrogens is 434 g/mol. The van der Waals surface area contributed by atoms with Gasteiger partial charge in [-0.05, 0) is 55.7 Å². The fourth-order valence-corrected chi connectivity index (χ4v) is 3.66. The first-order valence-electron chi connectivity index (χ1n) is 8.79. The maximum atomic E-state index is 14.0. The van der Waals surface area contributed by atoms with E-state index in [1.54, 1.807) is 0 Å². The van der Waals surface area contributed by atoms with Gasteiger partial charge in [0.2, 0.25) is 0 Å². The molecule has 1 aliphatic carbocycles. The second-order valence-corrected chi connectivity index (χ2v) is 7.28. The minimum Gasteiger partial charge on any atom is -0.322 e. The molecule has 2 aromatic rings. The lowest BCUT2D eigenvalue weighted by atomic mass is 9.71. The highest BCUT2D eigenvalue weighted by Gasteiger charge is 2.57. The number of benzene rings is 1. The van der Waals surface area contributed by atoms with Gasteiger partial charge in [0.1, 0.15) is 5.41 Å². The van der Waals surface area contributed by atoms with Gasteiger partial charge in [0, 0.05) is 17.5 Å². The molecular formula is C20H15ClF6N2O. The van der Waals surface area contributed by atoms with Crippen LogP contribution in [0, 0.1) is 0 Å². The van der Waals surface area contributed by atoms with Crippen LogP contribution in [0.1, 0.15) is 30.5 Å². The van der Waals surface area contributed by atoms with Gasteiger partial charge >= 0.3 is 12.4 Å². The maximum absolute atomic E-state index is 14.0. The van der Waals surface area contributed by atoms with Gasteiger partial charge in [0.05, 0.1) is 16.3 Å². The zero-order valence-electron chi connectivity index (χ0n) is 15.2. The third kappa shape index (κ3) is 4.30. The number of anilines is 1. The molecule has 0 fully saturated rings. The van der Waals surface area contributed by atoms with E-state index in [-0.39, 0.29) is 28.4 Å². The minimum absolute atomic E-state index is 0.106. The number of aromatic nitrogens is 1. The molecule has 1 amide bonds. The molecule has 1 heterocycles. The van der Waals surface area contributed by atoms with E-state index < -0.39 is 42.1 Å². The van der Waals surface area contributed by atoms with Crippen LogP contribution in [-0.4, -0.2) is 17.1 Å². The zero-order chi connectivity index (χ0) is 22.2. The molecule has 1 aliphatic rings. The van der Waals surface area contributed by atoms with E-state index in [9.17, 15) is 31.1 Å². The van der Waals surface area contributed by atoms with Crippen LogP contribution >= 0.6 is 11.6 Å². The van der Waals surface area contributed by atoms with Crippen LogP contribution in [0.5, 0.6) is 0 Å². The Morgan fingerprint density at radius 1 is 1.07 bits per heavy atom. The molecule has 1 N–H and O–H groups in total. The number of alkyl halides is 6. The highest BCUT2D eigenvalue weighted by Crippen LogP contribution is 2.51. The molecule has 0 aliphatic heterocycles. The average Bonchev–Trinajstić information content (AvgIpc) is 2.67. The summed E-state index contributed by atoms with van der Waals surface area (Å²) < 4.78 is 79.7. The Kier molecular flexibility index (Phi) is 5.86. The smallest absolute Gasteiger partial charge is 0.322 e. The largest absolute Gasteiger partial charge is 0.416 e. The number of halogens is 7. The second-order valence-electron chi connectivity index (χ2n) is 6.88. The summed E-state index contributed by atoms with van der Waals surface area (Å²) in [4.78, 5) is 16.2. The summed E-state index contributed by atoms with van der Waals surface area (Å²) in [5, 5.41) is 2.30. The van der Waals surface area contributed by atoms with E-state index in [2.05, 4.69) is 10.3 Å². The molecule has 1 unspecified atom stereocenters. The normalized spacial score (nSPS) is 19.9. The lowest BCUT2D eigenvalue weighted by Gasteiger charge is -2.37. The van der Waals surface area contributed by atoms with Crippen molar-refractivity contribution in [3.63, 3.8) is 0 Å². The number of carbonyl (C=O) groups is 1. The van der Waals surface area contributed by atoms with Crippen molar-refractivity contribution in [2.45, 2.75) is 37.0 Å². The Labute approximate surface area is 172 Å². The Bertz CT molecular complexity index is 968. The third-order valence-corrected chi connectivity index (χ3v) is 5.34. The van der Waals surface area contributed by atoms with E-state index in [4.69, 9.17) is 11.6 Å². The van der Waals surface area contributed by atoms with Crippen molar-refractivity contribution in [1.82, 2.24) is 4.98 Å². The number of allylic oxidation sites excluding steroid dienone is 1. The van der Waals surface area contributed by atoms with Crippen LogP contribution in [0.3, 0.4) is 0 Å². The minimum atomic E-state index is -4.64. The Hall–Kier alpha value is -2.55. The highest BCUT2D eigenvalue weighted by atomic mass is 35.5. The first kappa shape index (κ1) is 22.1. The molecule has 3 nitrogen and oxygen atoms in total. The Balaban J connectivity index is 1.80. The number of nitrogens with one attached hydrogen (secondary N) is 1. The lowest BCUT2D eigenvalue weighted by molar-refractivity contribution is -0.194. The van der Waals surface area contributed by atoms with Crippen molar-refractivity contribution in [3.05, 3.63) is 70.5 Å². The predicted octanol–water partition coefficient (Wildman–Crippen LogP) is 6.30. The molecule has 0 radical (unpaired) electrons. The molecule has 0 saturated heterocycles. The fraction of sp³-hybridized carbons (Fsp3) is 0.300. The number of hydrogen-bond donors (Lipinski definition) is 1. The number of nitrogens with zero attached hydrogens (tertiary/aromatic N) is 1. The number of carbonyl (C=O) groups excluding carboxylic acids is 1. The van der Waals surface area contributed by atoms with Crippen molar-refractivity contribution >= 4 is 23.2 Å². The summed E-state index contributed by atoms with van der Waals surface area (Å²) in [5.74, 6) is -0.669. The number of amides is 1. The molecule has 0 spiro atoms. The molecule has 10 heteroatoms. The van der Waals surface area contributed by atoms with E-state index >= 15 is 0 Å². The van der Waals surface area contributed by atoms with Gasteiger partial charge in [-0.3, -0.25) is 9.78 Å². The van der Waals surface area contributed by atoms with Crippen LogP contribution in [0.15, 0.2) is 54.2 Å². The molecule has 160 valence electrons. The Morgan fingerprint density at radius 3 is 2.23 bits per heavy atom. The summed E-state index contributed by atoms with van der Waals surface area (Å²) in [7, 11) is 0. The van der Waals surface area contributed by atoms with E-state index in [0.29, 0.717) is 0 Å². The molecule has 1 aromatic carbocycles. The van der Waals surface area contributed by atoms with Gasteiger partial charge in [-0.1, -0.05) is 17.7 Å².